The predicted octanol–water partition coefficient (Wildman–Crippen LogP) is 2.36. The number of hydrogen-bond acceptors (Lipinski definition) is 7. The fraction of sp³-hybridized carbons (Fsp3) is 0.190. The number of aromatic carboxylic acids is 1. The minimum absolute atomic E-state index is 0.0857. The van der Waals surface area contributed by atoms with Crippen molar-refractivity contribution in [2.24, 2.45) is 5.10 Å². The van der Waals surface area contributed by atoms with E-state index in [1.165, 1.54) is 44.8 Å². The highest BCUT2D eigenvalue weighted by molar-refractivity contribution is 5.98. The number of hydrazone groups is 1. The minimum atomic E-state index is -1.08. The third-order valence-corrected chi connectivity index (χ3v) is 4.51. The lowest BCUT2D eigenvalue weighted by Gasteiger charge is -2.14. The normalized spacial score (nSPS) is 10.8. The Labute approximate surface area is 178 Å². The number of rotatable bonds is 7. The van der Waals surface area contributed by atoms with Crippen molar-refractivity contribution < 1.29 is 24.2 Å². The third kappa shape index (κ3) is 4.53. The summed E-state index contributed by atoms with van der Waals surface area (Å²) >= 11 is 0. The Morgan fingerprint density at radius 1 is 1.13 bits per heavy atom. The van der Waals surface area contributed by atoms with E-state index in [9.17, 15) is 14.7 Å². The molecule has 0 saturated carbocycles. The van der Waals surface area contributed by atoms with Crippen molar-refractivity contribution in [2.75, 3.05) is 14.2 Å². The number of methoxy groups -OCH3 is 2. The van der Waals surface area contributed by atoms with Crippen LogP contribution in [0.1, 0.15) is 37.7 Å². The second-order valence-electron chi connectivity index (χ2n) is 6.51. The summed E-state index contributed by atoms with van der Waals surface area (Å²) in [6.45, 7) is 3.72. The largest absolute Gasteiger partial charge is 0.480 e. The van der Waals surface area contributed by atoms with Crippen molar-refractivity contribution in [3.8, 4) is 17.6 Å². The molecule has 0 aliphatic rings. The highest BCUT2D eigenvalue weighted by atomic mass is 16.5. The van der Waals surface area contributed by atoms with Gasteiger partial charge in [0.05, 0.1) is 37.2 Å². The first-order valence-electron chi connectivity index (χ1n) is 9.16. The van der Waals surface area contributed by atoms with Crippen LogP contribution in [0.25, 0.3) is 5.69 Å². The molecule has 0 bridgehead atoms. The van der Waals surface area contributed by atoms with Crippen molar-refractivity contribution in [1.82, 2.24) is 20.0 Å². The zero-order valence-electron chi connectivity index (χ0n) is 17.4. The molecule has 3 rings (SSSR count). The average molecular weight is 423 g/mol. The van der Waals surface area contributed by atoms with Gasteiger partial charge in [0.1, 0.15) is 0 Å². The number of nitrogens with one attached hydrogen (secondary N) is 1. The summed E-state index contributed by atoms with van der Waals surface area (Å²) in [4.78, 5) is 32.3. The molecule has 0 unspecified atom stereocenters. The van der Waals surface area contributed by atoms with Crippen LogP contribution in [-0.4, -0.2) is 52.0 Å². The van der Waals surface area contributed by atoms with Crippen LogP contribution in [0.3, 0.4) is 0 Å². The van der Waals surface area contributed by atoms with E-state index in [1.807, 2.05) is 26.0 Å². The molecule has 0 spiro atoms. The van der Waals surface area contributed by atoms with Gasteiger partial charge >= 0.3 is 12.0 Å². The van der Waals surface area contributed by atoms with Gasteiger partial charge in [-0.05, 0) is 44.2 Å². The molecule has 160 valence electrons. The first-order chi connectivity index (χ1) is 14.8. The second-order valence-corrected chi connectivity index (χ2v) is 6.51. The van der Waals surface area contributed by atoms with Gasteiger partial charge < -0.3 is 19.1 Å². The Kier molecular flexibility index (Phi) is 6.29. The van der Waals surface area contributed by atoms with Gasteiger partial charge in [-0.3, -0.25) is 4.79 Å². The molecule has 1 amide bonds. The third-order valence-electron chi connectivity index (χ3n) is 4.51. The Morgan fingerprint density at radius 3 is 2.45 bits per heavy atom. The van der Waals surface area contributed by atoms with E-state index in [0.29, 0.717) is 11.3 Å². The van der Waals surface area contributed by atoms with Crippen molar-refractivity contribution in [3.63, 3.8) is 0 Å². The lowest BCUT2D eigenvalue weighted by molar-refractivity contribution is 0.0696. The molecular weight excluding hydrogens is 402 g/mol. The number of benzene rings is 1. The molecule has 10 heteroatoms. The average Bonchev–Trinajstić information content (AvgIpc) is 3.10. The number of carbonyl (C=O) groups excluding carboxylic acids is 1. The van der Waals surface area contributed by atoms with Gasteiger partial charge in [-0.1, -0.05) is 0 Å². The summed E-state index contributed by atoms with van der Waals surface area (Å²) < 4.78 is 11.9. The van der Waals surface area contributed by atoms with Gasteiger partial charge in [0.25, 0.3) is 5.91 Å². The number of amides is 1. The molecule has 0 atom stereocenters. The summed E-state index contributed by atoms with van der Waals surface area (Å²) in [6.07, 6.45) is 2.78. The molecule has 10 nitrogen and oxygen atoms in total. The fourth-order valence-electron chi connectivity index (χ4n) is 3.02. The molecule has 3 aromatic rings. The van der Waals surface area contributed by atoms with Crippen LogP contribution in [0.2, 0.25) is 0 Å². The van der Waals surface area contributed by atoms with E-state index in [0.717, 1.165) is 11.4 Å². The number of hydrogen-bond donors (Lipinski definition) is 2. The molecule has 0 saturated heterocycles. The molecule has 1 aromatic carbocycles. The van der Waals surface area contributed by atoms with Crippen molar-refractivity contribution in [2.45, 2.75) is 13.8 Å². The lowest BCUT2D eigenvalue weighted by Crippen LogP contribution is -2.19. The SMILES string of the molecule is COc1ncc(/C=N/NC(=O)c2ccc(C(=O)O)c(-n3c(C)ccc3C)c2)c(OC)n1. The molecule has 2 heterocycles. The minimum Gasteiger partial charge on any atom is -0.480 e. The molecule has 0 radical (unpaired) electrons. The van der Waals surface area contributed by atoms with Gasteiger partial charge in [0, 0.05) is 23.1 Å². The van der Waals surface area contributed by atoms with Gasteiger partial charge in [0.15, 0.2) is 0 Å². The van der Waals surface area contributed by atoms with Gasteiger partial charge in [-0.2, -0.15) is 10.1 Å². The molecule has 31 heavy (non-hydrogen) atoms. The number of aromatic nitrogens is 3. The van der Waals surface area contributed by atoms with Crippen LogP contribution in [0, 0.1) is 13.8 Å². The Balaban J connectivity index is 1.87. The van der Waals surface area contributed by atoms with E-state index in [4.69, 9.17) is 9.47 Å². The van der Waals surface area contributed by atoms with Crippen molar-refractivity contribution in [3.05, 3.63) is 64.6 Å². The maximum Gasteiger partial charge on any atom is 0.337 e. The number of carboxylic acids is 1. The van der Waals surface area contributed by atoms with E-state index in [2.05, 4.69) is 20.5 Å². The Bertz CT molecular complexity index is 1150. The number of ether oxygens (including phenoxy) is 2. The first kappa shape index (κ1) is 21.5. The zero-order valence-corrected chi connectivity index (χ0v) is 17.4. The zero-order chi connectivity index (χ0) is 22.5. The predicted molar refractivity (Wildman–Crippen MR) is 112 cm³/mol. The maximum absolute atomic E-state index is 12.6. The first-order valence-corrected chi connectivity index (χ1v) is 9.16. The molecule has 0 aliphatic heterocycles. The van der Waals surface area contributed by atoms with Crippen LogP contribution in [0.4, 0.5) is 0 Å². The number of nitrogens with zero attached hydrogens (tertiary/aromatic N) is 4. The van der Waals surface area contributed by atoms with E-state index in [-0.39, 0.29) is 23.0 Å². The smallest absolute Gasteiger partial charge is 0.337 e. The summed E-state index contributed by atoms with van der Waals surface area (Å²) in [6, 6.07) is 8.24. The maximum atomic E-state index is 12.6. The summed E-state index contributed by atoms with van der Waals surface area (Å²) in [5.74, 6) is -1.36. The standard InChI is InChI=1S/C21H21N5O5/c1-12-5-6-13(2)26(12)17-9-14(7-8-16(17)20(28)29)18(27)25-23-11-15-10-22-21(31-4)24-19(15)30-3/h5-11H,1-4H3,(H,25,27)(H,28,29)/b23-11+. The summed E-state index contributed by atoms with van der Waals surface area (Å²) in [7, 11) is 2.87. The lowest BCUT2D eigenvalue weighted by atomic mass is 10.1. The van der Waals surface area contributed by atoms with Crippen molar-refractivity contribution >= 4 is 18.1 Å². The van der Waals surface area contributed by atoms with E-state index >= 15 is 0 Å². The highest BCUT2D eigenvalue weighted by Gasteiger charge is 2.17. The Morgan fingerprint density at radius 2 is 1.84 bits per heavy atom. The number of carbonyl (C=O) groups is 2. The monoisotopic (exact) mass is 423 g/mol. The van der Waals surface area contributed by atoms with E-state index in [1.54, 1.807) is 4.57 Å². The summed E-state index contributed by atoms with van der Waals surface area (Å²) in [5, 5.41) is 13.5. The van der Waals surface area contributed by atoms with Gasteiger partial charge in [-0.25, -0.2) is 15.2 Å². The van der Waals surface area contributed by atoms with Gasteiger partial charge in [0.2, 0.25) is 5.88 Å². The van der Waals surface area contributed by atoms with Crippen LogP contribution < -0.4 is 14.9 Å². The molecular formula is C21H21N5O5. The van der Waals surface area contributed by atoms with Crippen LogP contribution in [0.5, 0.6) is 11.9 Å². The molecule has 0 aliphatic carbocycles. The fourth-order valence-corrected chi connectivity index (χ4v) is 3.02. The van der Waals surface area contributed by atoms with Crippen LogP contribution in [-0.2, 0) is 0 Å². The van der Waals surface area contributed by atoms with Crippen LogP contribution in [0.15, 0.2) is 41.6 Å². The number of carboxylic acid groups (broad SMARTS) is 1. The van der Waals surface area contributed by atoms with E-state index < -0.39 is 11.9 Å². The van der Waals surface area contributed by atoms with Gasteiger partial charge in [-0.15, -0.1) is 0 Å². The van der Waals surface area contributed by atoms with Crippen LogP contribution >= 0.6 is 0 Å². The topological polar surface area (TPSA) is 128 Å². The number of aryl methyl sites for hydroxylation is 2. The molecule has 2 aromatic heterocycles. The second kappa shape index (κ2) is 9.08. The quantitative estimate of drug-likeness (QED) is 0.441. The van der Waals surface area contributed by atoms with Crippen molar-refractivity contribution in [1.29, 1.82) is 0 Å². The summed E-state index contributed by atoms with van der Waals surface area (Å²) in [5.41, 5.74) is 5.28. The Hall–Kier alpha value is -4.21. The highest BCUT2D eigenvalue weighted by Crippen LogP contribution is 2.22. The molecule has 0 fully saturated rings. The molecule has 2 N–H and O–H groups in total.